The van der Waals surface area contributed by atoms with Crippen molar-refractivity contribution < 1.29 is 14.3 Å². The van der Waals surface area contributed by atoms with Crippen molar-refractivity contribution in [2.24, 2.45) is 0 Å². The summed E-state index contributed by atoms with van der Waals surface area (Å²) in [6.45, 7) is 6.73. The number of amides is 2. The number of fused-ring (bicyclic) bond motifs is 1. The molecule has 4 rings (SSSR count). The Morgan fingerprint density at radius 1 is 1.35 bits per heavy atom. The normalized spacial score (nSPS) is 18.4. The minimum atomic E-state index is -0.352. The first-order valence-corrected chi connectivity index (χ1v) is 11.5. The Balaban J connectivity index is 1.29. The number of alkyl carbamates (subject to hydrolysis) is 1. The molecule has 1 aliphatic rings. The number of aryl methyl sites for hydroxylation is 2. The molecule has 3 aromatic heterocycles. The maximum Gasteiger partial charge on any atom is 0.407 e. The van der Waals surface area contributed by atoms with E-state index in [1.807, 2.05) is 30.5 Å². The molecular weight excluding hydrogens is 416 g/mol. The van der Waals surface area contributed by atoms with Crippen LogP contribution in [-0.2, 0) is 16.0 Å². The Labute approximate surface area is 184 Å². The predicted octanol–water partition coefficient (Wildman–Crippen LogP) is 3.69. The van der Waals surface area contributed by atoms with Gasteiger partial charge in [-0.3, -0.25) is 14.3 Å². The molecule has 9 nitrogen and oxygen atoms in total. The average molecular weight is 445 g/mol. The van der Waals surface area contributed by atoms with Gasteiger partial charge < -0.3 is 15.4 Å². The number of imidazole rings is 1. The number of rotatable bonds is 7. The molecule has 2 atom stereocenters. The molecule has 0 unspecified atom stereocenters. The fourth-order valence-electron chi connectivity index (χ4n) is 3.90. The van der Waals surface area contributed by atoms with E-state index >= 15 is 0 Å². The molecule has 0 radical (unpaired) electrons. The summed E-state index contributed by atoms with van der Waals surface area (Å²) in [6, 6.07) is 1.86. The standard InChI is InChI=1S/C21H28N6O3S/c1-4-7-22-21(29)30-16-6-5-14(8-16)17-10-18(26-25-17)24-19(28)9-15-11-27-12(2)13(3)31-20(27)23-15/h10-11,14,16H,4-9H2,1-3H3,(H,22,29)(H2,24,25,26,28)/t14-,16+/m1/s1. The van der Waals surface area contributed by atoms with Gasteiger partial charge in [-0.25, -0.2) is 9.78 Å². The number of carbonyl (C=O) groups excluding carboxylic acids is 2. The lowest BCUT2D eigenvalue weighted by atomic mass is 10.0. The number of aromatic amines is 1. The number of hydrogen-bond donors (Lipinski definition) is 3. The Morgan fingerprint density at radius 2 is 2.19 bits per heavy atom. The summed E-state index contributed by atoms with van der Waals surface area (Å²) in [7, 11) is 0. The topological polar surface area (TPSA) is 113 Å². The van der Waals surface area contributed by atoms with Gasteiger partial charge in [0.05, 0.1) is 12.1 Å². The zero-order valence-corrected chi connectivity index (χ0v) is 18.8. The monoisotopic (exact) mass is 444 g/mol. The molecule has 0 aliphatic heterocycles. The van der Waals surface area contributed by atoms with Crippen molar-refractivity contribution in [2.45, 2.75) is 64.9 Å². The van der Waals surface area contributed by atoms with E-state index in [-0.39, 0.29) is 30.4 Å². The fourth-order valence-corrected chi connectivity index (χ4v) is 4.87. The second-order valence-corrected chi connectivity index (χ2v) is 9.21. The fraction of sp³-hybridized carbons (Fsp3) is 0.524. The highest BCUT2D eigenvalue weighted by atomic mass is 32.1. The number of nitrogens with zero attached hydrogens (tertiary/aromatic N) is 3. The number of aromatic nitrogens is 4. The maximum absolute atomic E-state index is 12.4. The minimum absolute atomic E-state index is 0.0925. The minimum Gasteiger partial charge on any atom is -0.446 e. The van der Waals surface area contributed by atoms with Crippen LogP contribution < -0.4 is 10.6 Å². The van der Waals surface area contributed by atoms with Crippen molar-refractivity contribution in [3.8, 4) is 0 Å². The van der Waals surface area contributed by atoms with Crippen molar-refractivity contribution in [3.05, 3.63) is 34.2 Å². The number of hydrogen-bond acceptors (Lipinski definition) is 6. The van der Waals surface area contributed by atoms with Crippen LogP contribution in [-0.4, -0.2) is 44.2 Å². The van der Waals surface area contributed by atoms with Crippen LogP contribution in [0.4, 0.5) is 10.6 Å². The first-order chi connectivity index (χ1) is 14.9. The second kappa shape index (κ2) is 9.09. The lowest BCUT2D eigenvalue weighted by molar-refractivity contribution is -0.115. The molecule has 1 saturated carbocycles. The van der Waals surface area contributed by atoms with Gasteiger partial charge in [-0.15, -0.1) is 11.3 Å². The third kappa shape index (κ3) is 4.90. The van der Waals surface area contributed by atoms with Gasteiger partial charge in [0.2, 0.25) is 5.91 Å². The van der Waals surface area contributed by atoms with Crippen molar-refractivity contribution in [1.29, 1.82) is 0 Å². The Kier molecular flexibility index (Phi) is 6.26. The third-order valence-electron chi connectivity index (χ3n) is 5.66. The second-order valence-electron chi connectivity index (χ2n) is 8.03. The quantitative estimate of drug-likeness (QED) is 0.514. The number of thiazole rings is 1. The van der Waals surface area contributed by atoms with Crippen molar-refractivity contribution >= 4 is 34.1 Å². The summed E-state index contributed by atoms with van der Waals surface area (Å²) in [4.78, 5) is 30.9. The largest absolute Gasteiger partial charge is 0.446 e. The van der Waals surface area contributed by atoms with Crippen LogP contribution in [0, 0.1) is 13.8 Å². The molecule has 0 bridgehead atoms. The number of nitrogens with one attached hydrogen (secondary N) is 3. The van der Waals surface area contributed by atoms with Gasteiger partial charge in [0.25, 0.3) is 0 Å². The lowest BCUT2D eigenvalue weighted by Gasteiger charge is -2.12. The summed E-state index contributed by atoms with van der Waals surface area (Å²) < 4.78 is 7.50. The zero-order chi connectivity index (χ0) is 22.0. The molecule has 166 valence electrons. The van der Waals surface area contributed by atoms with E-state index in [9.17, 15) is 9.59 Å². The molecule has 3 N–H and O–H groups in total. The summed E-state index contributed by atoms with van der Waals surface area (Å²) in [5.74, 6) is 0.574. The number of carbonyl (C=O) groups is 2. The van der Waals surface area contributed by atoms with Crippen LogP contribution >= 0.6 is 11.3 Å². The molecular formula is C21H28N6O3S. The lowest BCUT2D eigenvalue weighted by Crippen LogP contribution is -2.28. The van der Waals surface area contributed by atoms with E-state index in [0.717, 1.165) is 47.7 Å². The Morgan fingerprint density at radius 3 is 2.97 bits per heavy atom. The van der Waals surface area contributed by atoms with Gasteiger partial charge in [-0.1, -0.05) is 6.92 Å². The highest BCUT2D eigenvalue weighted by molar-refractivity contribution is 7.17. The van der Waals surface area contributed by atoms with E-state index in [0.29, 0.717) is 12.4 Å². The van der Waals surface area contributed by atoms with E-state index in [1.54, 1.807) is 11.3 Å². The van der Waals surface area contributed by atoms with Gasteiger partial charge in [-0.2, -0.15) is 5.10 Å². The van der Waals surface area contributed by atoms with Gasteiger partial charge in [-0.05, 0) is 39.5 Å². The van der Waals surface area contributed by atoms with Crippen LogP contribution in [0.5, 0.6) is 0 Å². The van der Waals surface area contributed by atoms with Gasteiger partial charge in [0.15, 0.2) is 10.8 Å². The molecule has 0 saturated heterocycles. The zero-order valence-electron chi connectivity index (χ0n) is 18.0. The predicted molar refractivity (Wildman–Crippen MR) is 119 cm³/mol. The average Bonchev–Trinajstić information content (AvgIpc) is 3.49. The molecule has 3 aromatic rings. The van der Waals surface area contributed by atoms with Crippen LogP contribution in [0.2, 0.25) is 0 Å². The van der Waals surface area contributed by atoms with Gasteiger partial charge in [0, 0.05) is 41.0 Å². The molecule has 3 heterocycles. The summed E-state index contributed by atoms with van der Waals surface area (Å²) in [6.07, 6.45) is 5.02. The van der Waals surface area contributed by atoms with E-state index in [1.165, 1.54) is 4.88 Å². The highest BCUT2D eigenvalue weighted by Crippen LogP contribution is 2.35. The summed E-state index contributed by atoms with van der Waals surface area (Å²) in [5.41, 5.74) is 2.83. The third-order valence-corrected chi connectivity index (χ3v) is 6.74. The van der Waals surface area contributed by atoms with Crippen molar-refractivity contribution in [3.63, 3.8) is 0 Å². The van der Waals surface area contributed by atoms with E-state index in [4.69, 9.17) is 4.74 Å². The summed E-state index contributed by atoms with van der Waals surface area (Å²) in [5, 5.41) is 12.8. The van der Waals surface area contributed by atoms with E-state index < -0.39 is 0 Å². The van der Waals surface area contributed by atoms with Gasteiger partial charge in [0.1, 0.15) is 6.10 Å². The van der Waals surface area contributed by atoms with Crippen LogP contribution in [0.3, 0.4) is 0 Å². The number of ether oxygens (including phenoxy) is 1. The number of anilines is 1. The van der Waals surface area contributed by atoms with Gasteiger partial charge >= 0.3 is 6.09 Å². The maximum atomic E-state index is 12.4. The van der Waals surface area contributed by atoms with Crippen LogP contribution in [0.15, 0.2) is 12.3 Å². The van der Waals surface area contributed by atoms with Crippen LogP contribution in [0.1, 0.15) is 60.5 Å². The SMILES string of the molecule is CCCNC(=O)O[C@H]1CC[C@@H](c2cc(NC(=O)Cc3cn4c(C)c(C)sc4n3)n[nH]2)C1. The van der Waals surface area contributed by atoms with Crippen molar-refractivity contribution in [1.82, 2.24) is 24.9 Å². The molecule has 31 heavy (non-hydrogen) atoms. The highest BCUT2D eigenvalue weighted by Gasteiger charge is 2.30. The molecule has 0 spiro atoms. The molecule has 0 aromatic carbocycles. The molecule has 1 aliphatic carbocycles. The molecule has 10 heteroatoms. The first kappa shape index (κ1) is 21.4. The summed E-state index contributed by atoms with van der Waals surface area (Å²) >= 11 is 1.62. The van der Waals surface area contributed by atoms with Crippen LogP contribution in [0.25, 0.3) is 4.96 Å². The molecule has 1 fully saturated rings. The smallest absolute Gasteiger partial charge is 0.407 e. The van der Waals surface area contributed by atoms with Crippen molar-refractivity contribution in [2.75, 3.05) is 11.9 Å². The first-order valence-electron chi connectivity index (χ1n) is 10.7. The Hall–Kier alpha value is -2.88. The number of H-pyrrole nitrogens is 1. The molecule has 2 amide bonds. The Bertz CT molecular complexity index is 1080. The van der Waals surface area contributed by atoms with E-state index in [2.05, 4.69) is 32.7 Å².